The molecule has 2 fully saturated rings. The Labute approximate surface area is 164 Å². The Hall–Kier alpha value is -2.58. The van der Waals surface area contributed by atoms with Crippen LogP contribution in [0.1, 0.15) is 29.6 Å². The maximum atomic E-state index is 11.2. The van der Waals surface area contributed by atoms with Crippen LogP contribution in [0.4, 0.5) is 5.95 Å². The van der Waals surface area contributed by atoms with Crippen molar-refractivity contribution in [2.75, 3.05) is 44.2 Å². The fraction of sp³-hybridized carbons (Fsp3) is 0.500. The molecule has 2 saturated heterocycles. The molecule has 2 aliphatic heterocycles. The monoisotopic (exact) mass is 383 g/mol. The first-order valence-electron chi connectivity index (χ1n) is 9.81. The number of carboxylic acids is 1. The summed E-state index contributed by atoms with van der Waals surface area (Å²) in [5.41, 5.74) is 1.34. The van der Waals surface area contributed by atoms with E-state index in [0.717, 1.165) is 45.8 Å². The van der Waals surface area contributed by atoms with E-state index in [2.05, 4.69) is 24.8 Å². The smallest absolute Gasteiger partial charge is 0.335 e. The molecule has 0 saturated carbocycles. The Bertz CT molecular complexity index is 825. The molecule has 1 N–H and O–H groups in total. The van der Waals surface area contributed by atoms with Crippen LogP contribution in [0.25, 0.3) is 11.4 Å². The summed E-state index contributed by atoms with van der Waals surface area (Å²) in [6.45, 7) is 5.58. The highest BCUT2D eigenvalue weighted by atomic mass is 16.5. The number of aromatic carboxylic acids is 1. The van der Waals surface area contributed by atoms with Gasteiger partial charge in [0.05, 0.1) is 23.1 Å². The predicted octanol–water partition coefficient (Wildman–Crippen LogP) is 1.93. The molecule has 0 aromatic carbocycles. The number of anilines is 1. The SMILES string of the molecule is O=C(O)c1ccnc(-c2ccnc(N3CCCO[C@H](CN4CCCC4)C3)n2)c1. The molecule has 2 aromatic rings. The zero-order valence-corrected chi connectivity index (χ0v) is 15.8. The molecule has 4 heterocycles. The molecule has 0 unspecified atom stereocenters. The summed E-state index contributed by atoms with van der Waals surface area (Å²) in [6.07, 6.45) is 6.80. The normalized spacial score (nSPS) is 20.9. The Balaban J connectivity index is 1.52. The highest BCUT2D eigenvalue weighted by Crippen LogP contribution is 2.20. The van der Waals surface area contributed by atoms with E-state index in [4.69, 9.17) is 4.74 Å². The van der Waals surface area contributed by atoms with Crippen molar-refractivity contribution in [2.24, 2.45) is 0 Å². The summed E-state index contributed by atoms with van der Waals surface area (Å²) in [4.78, 5) is 29.3. The van der Waals surface area contributed by atoms with Crippen molar-refractivity contribution in [1.29, 1.82) is 0 Å². The molecule has 148 valence electrons. The first kappa shape index (κ1) is 18.8. The molecular weight excluding hydrogens is 358 g/mol. The van der Waals surface area contributed by atoms with E-state index < -0.39 is 5.97 Å². The van der Waals surface area contributed by atoms with E-state index in [1.54, 1.807) is 12.3 Å². The van der Waals surface area contributed by atoms with Gasteiger partial charge in [-0.1, -0.05) is 0 Å². The first-order chi connectivity index (χ1) is 13.7. The Morgan fingerprint density at radius 3 is 2.75 bits per heavy atom. The second kappa shape index (κ2) is 8.62. The van der Waals surface area contributed by atoms with Crippen molar-refractivity contribution in [3.8, 4) is 11.4 Å². The third kappa shape index (κ3) is 4.45. The van der Waals surface area contributed by atoms with Gasteiger partial charge in [0, 0.05) is 38.6 Å². The zero-order chi connectivity index (χ0) is 19.3. The van der Waals surface area contributed by atoms with Gasteiger partial charge in [-0.05, 0) is 50.6 Å². The topological polar surface area (TPSA) is 91.7 Å². The van der Waals surface area contributed by atoms with Gasteiger partial charge in [-0.25, -0.2) is 14.8 Å². The van der Waals surface area contributed by atoms with Gasteiger partial charge < -0.3 is 19.6 Å². The molecule has 28 heavy (non-hydrogen) atoms. The van der Waals surface area contributed by atoms with E-state index in [-0.39, 0.29) is 11.7 Å². The van der Waals surface area contributed by atoms with Crippen LogP contribution in [0.2, 0.25) is 0 Å². The maximum absolute atomic E-state index is 11.2. The molecule has 2 aromatic heterocycles. The number of ether oxygens (including phenoxy) is 1. The van der Waals surface area contributed by atoms with Crippen molar-refractivity contribution in [1.82, 2.24) is 19.9 Å². The second-order valence-electron chi connectivity index (χ2n) is 7.28. The molecule has 1 atom stereocenters. The molecule has 2 aliphatic rings. The lowest BCUT2D eigenvalue weighted by Gasteiger charge is -2.27. The molecule has 8 heteroatoms. The van der Waals surface area contributed by atoms with Crippen LogP contribution in [0.5, 0.6) is 0 Å². The number of nitrogens with zero attached hydrogens (tertiary/aromatic N) is 5. The molecular formula is C20H25N5O3. The van der Waals surface area contributed by atoms with Gasteiger partial charge in [-0.2, -0.15) is 0 Å². The number of pyridine rings is 1. The fourth-order valence-corrected chi connectivity index (χ4v) is 3.79. The van der Waals surface area contributed by atoms with E-state index in [1.165, 1.54) is 31.2 Å². The Kier molecular flexibility index (Phi) is 5.78. The number of hydrogen-bond acceptors (Lipinski definition) is 7. The van der Waals surface area contributed by atoms with Gasteiger partial charge in [0.25, 0.3) is 0 Å². The van der Waals surface area contributed by atoms with Crippen molar-refractivity contribution >= 4 is 11.9 Å². The molecule has 8 nitrogen and oxygen atoms in total. The van der Waals surface area contributed by atoms with Crippen molar-refractivity contribution in [3.05, 3.63) is 36.2 Å². The summed E-state index contributed by atoms with van der Waals surface area (Å²) >= 11 is 0. The fourth-order valence-electron chi connectivity index (χ4n) is 3.79. The van der Waals surface area contributed by atoms with Gasteiger partial charge >= 0.3 is 5.97 Å². The summed E-state index contributed by atoms with van der Waals surface area (Å²) in [6, 6.07) is 4.77. The lowest BCUT2D eigenvalue weighted by atomic mass is 10.2. The van der Waals surface area contributed by atoms with Gasteiger partial charge in [-0.3, -0.25) is 4.98 Å². The standard InChI is InChI=1S/C20H25N5O3/c26-19(27)15-4-6-21-18(12-15)17-5-7-22-20(23-17)25-10-3-11-28-16(14-25)13-24-8-1-2-9-24/h4-7,12,16H,1-3,8-11,13-14H2,(H,26,27)/t16-/m1/s1. The molecule has 0 spiro atoms. The Morgan fingerprint density at radius 1 is 1.11 bits per heavy atom. The minimum atomic E-state index is -0.979. The first-order valence-corrected chi connectivity index (χ1v) is 9.81. The van der Waals surface area contributed by atoms with Crippen LogP contribution in [-0.4, -0.2) is 76.4 Å². The third-order valence-electron chi connectivity index (χ3n) is 5.21. The summed E-state index contributed by atoms with van der Waals surface area (Å²) < 4.78 is 6.06. The van der Waals surface area contributed by atoms with Crippen LogP contribution in [-0.2, 0) is 4.74 Å². The quantitative estimate of drug-likeness (QED) is 0.837. The van der Waals surface area contributed by atoms with E-state index in [0.29, 0.717) is 17.3 Å². The van der Waals surface area contributed by atoms with Crippen molar-refractivity contribution in [3.63, 3.8) is 0 Å². The van der Waals surface area contributed by atoms with Crippen LogP contribution in [0.15, 0.2) is 30.6 Å². The van der Waals surface area contributed by atoms with E-state index >= 15 is 0 Å². The van der Waals surface area contributed by atoms with Crippen LogP contribution in [0.3, 0.4) is 0 Å². The molecule has 0 bridgehead atoms. The highest BCUT2D eigenvalue weighted by Gasteiger charge is 2.24. The number of likely N-dealkylation sites (tertiary alicyclic amines) is 1. The van der Waals surface area contributed by atoms with Crippen molar-refractivity contribution < 1.29 is 14.6 Å². The van der Waals surface area contributed by atoms with Gasteiger partial charge in [-0.15, -0.1) is 0 Å². The zero-order valence-electron chi connectivity index (χ0n) is 15.8. The minimum absolute atomic E-state index is 0.140. The average Bonchev–Trinajstić information content (AvgIpc) is 3.12. The van der Waals surface area contributed by atoms with Gasteiger partial charge in [0.1, 0.15) is 0 Å². The number of carbonyl (C=O) groups is 1. The molecule has 4 rings (SSSR count). The lowest BCUT2D eigenvalue weighted by molar-refractivity contribution is 0.0450. The highest BCUT2D eigenvalue weighted by molar-refractivity contribution is 5.88. The second-order valence-corrected chi connectivity index (χ2v) is 7.28. The van der Waals surface area contributed by atoms with Crippen LogP contribution in [0, 0.1) is 0 Å². The van der Waals surface area contributed by atoms with Gasteiger partial charge in [0.2, 0.25) is 5.95 Å². The number of carboxylic acid groups (broad SMARTS) is 1. The van der Waals surface area contributed by atoms with E-state index in [9.17, 15) is 9.90 Å². The maximum Gasteiger partial charge on any atom is 0.335 e. The van der Waals surface area contributed by atoms with Crippen LogP contribution < -0.4 is 4.90 Å². The minimum Gasteiger partial charge on any atom is -0.478 e. The molecule has 0 radical (unpaired) electrons. The number of aromatic nitrogens is 3. The van der Waals surface area contributed by atoms with Gasteiger partial charge in [0.15, 0.2) is 0 Å². The van der Waals surface area contributed by atoms with Crippen molar-refractivity contribution in [2.45, 2.75) is 25.4 Å². The van der Waals surface area contributed by atoms with E-state index in [1.807, 2.05) is 0 Å². The summed E-state index contributed by atoms with van der Waals surface area (Å²) in [7, 11) is 0. The molecule has 0 amide bonds. The lowest BCUT2D eigenvalue weighted by Crippen LogP contribution is -2.40. The predicted molar refractivity (Wildman–Crippen MR) is 104 cm³/mol. The summed E-state index contributed by atoms with van der Waals surface area (Å²) in [5, 5.41) is 9.21. The summed E-state index contributed by atoms with van der Waals surface area (Å²) in [5.74, 6) is -0.343. The average molecular weight is 383 g/mol. The van der Waals surface area contributed by atoms with Crippen LogP contribution >= 0.6 is 0 Å². The number of rotatable bonds is 5. The Morgan fingerprint density at radius 2 is 1.93 bits per heavy atom. The number of hydrogen-bond donors (Lipinski definition) is 1. The largest absolute Gasteiger partial charge is 0.478 e. The third-order valence-corrected chi connectivity index (χ3v) is 5.21. The molecule has 0 aliphatic carbocycles.